The van der Waals surface area contributed by atoms with Crippen LogP contribution in [0.25, 0.3) is 0 Å². The van der Waals surface area contributed by atoms with Crippen LogP contribution in [0.15, 0.2) is 60.7 Å². The van der Waals surface area contributed by atoms with Crippen LogP contribution in [0.4, 0.5) is 20.2 Å². The Morgan fingerprint density at radius 1 is 0.531 bits per heavy atom. The highest BCUT2D eigenvalue weighted by Crippen LogP contribution is 2.58. The van der Waals surface area contributed by atoms with E-state index in [-0.39, 0.29) is 11.4 Å². The number of carbonyl (C=O) groups is 4. The number of hydrogen-bond donors (Lipinski definition) is 0. The van der Waals surface area contributed by atoms with Crippen molar-refractivity contribution >= 4 is 35.0 Å². The van der Waals surface area contributed by atoms with Gasteiger partial charge >= 0.3 is 0 Å². The molecule has 6 nitrogen and oxygen atoms in total. The molecule has 8 heteroatoms. The summed E-state index contributed by atoms with van der Waals surface area (Å²) in [7, 11) is 0. The predicted octanol–water partition coefficient (Wildman–Crippen LogP) is 2.69. The number of rotatable bonds is 2. The van der Waals surface area contributed by atoms with Crippen molar-refractivity contribution in [2.45, 2.75) is 0 Å². The third-order valence-corrected chi connectivity index (χ3v) is 7.20. The summed E-state index contributed by atoms with van der Waals surface area (Å²) in [6.07, 6.45) is 3.41. The molecule has 2 heterocycles. The molecule has 2 unspecified atom stereocenters. The van der Waals surface area contributed by atoms with Crippen LogP contribution in [0, 0.1) is 47.1 Å². The van der Waals surface area contributed by atoms with E-state index in [0.29, 0.717) is 0 Å². The summed E-state index contributed by atoms with van der Waals surface area (Å²) in [6.45, 7) is 0. The highest BCUT2D eigenvalue weighted by atomic mass is 19.1. The second kappa shape index (κ2) is 6.41. The number of anilines is 2. The number of halogens is 2. The molecule has 0 N–H and O–H groups in total. The zero-order chi connectivity index (χ0) is 22.3. The number of nitrogens with zero attached hydrogens (tertiary/aromatic N) is 2. The van der Waals surface area contributed by atoms with E-state index in [1.165, 1.54) is 48.5 Å². The van der Waals surface area contributed by atoms with Gasteiger partial charge in [0.05, 0.1) is 35.0 Å². The van der Waals surface area contributed by atoms with Gasteiger partial charge in [-0.05, 0) is 24.3 Å². The van der Waals surface area contributed by atoms with Crippen molar-refractivity contribution in [3.05, 3.63) is 72.3 Å². The van der Waals surface area contributed by atoms with Gasteiger partial charge in [-0.2, -0.15) is 0 Å². The van der Waals surface area contributed by atoms with E-state index in [1.807, 2.05) is 0 Å². The molecule has 6 atom stereocenters. The quantitative estimate of drug-likeness (QED) is 0.538. The standard InChI is InChI=1S/C24H16F2N2O4/c25-13-5-1-3-7-15(13)27-21(29)17-11-9-10-12(18(17)22(27)30)20-19(11)23(31)28(24(20)32)16-8-4-2-6-14(16)26/h1-12,17-20H/t11?,12?,17-,18-,19+,20+. The molecule has 0 spiro atoms. The van der Waals surface area contributed by atoms with Gasteiger partial charge < -0.3 is 0 Å². The molecule has 0 aromatic heterocycles. The molecule has 2 aromatic rings. The van der Waals surface area contributed by atoms with Crippen LogP contribution in [0.5, 0.6) is 0 Å². The van der Waals surface area contributed by atoms with E-state index in [1.54, 1.807) is 12.2 Å². The molecule has 0 radical (unpaired) electrons. The third-order valence-electron chi connectivity index (χ3n) is 7.20. The van der Waals surface area contributed by atoms with E-state index in [9.17, 15) is 28.0 Å². The Bertz CT molecular complexity index is 1120. The number of imide groups is 2. The van der Waals surface area contributed by atoms with Crippen LogP contribution >= 0.6 is 0 Å². The van der Waals surface area contributed by atoms with E-state index < -0.39 is 70.8 Å². The Hall–Kier alpha value is -3.68. The fourth-order valence-electron chi connectivity index (χ4n) is 5.97. The fourth-order valence-corrected chi connectivity index (χ4v) is 5.97. The van der Waals surface area contributed by atoms with Crippen molar-refractivity contribution in [3.63, 3.8) is 0 Å². The molecule has 2 bridgehead atoms. The van der Waals surface area contributed by atoms with Crippen molar-refractivity contribution in [2.75, 3.05) is 9.80 Å². The molecule has 1 saturated carbocycles. The van der Waals surface area contributed by atoms with E-state index in [4.69, 9.17) is 0 Å². The number of amides is 4. The first-order valence-corrected chi connectivity index (χ1v) is 10.3. The monoisotopic (exact) mass is 434 g/mol. The number of hydrogen-bond acceptors (Lipinski definition) is 4. The maximum Gasteiger partial charge on any atom is 0.238 e. The summed E-state index contributed by atoms with van der Waals surface area (Å²) in [5, 5.41) is 0. The first-order valence-electron chi connectivity index (χ1n) is 10.3. The first-order chi connectivity index (χ1) is 15.4. The summed E-state index contributed by atoms with van der Waals surface area (Å²) in [5.41, 5.74) is -0.265. The van der Waals surface area contributed by atoms with E-state index in [2.05, 4.69) is 0 Å². The zero-order valence-electron chi connectivity index (χ0n) is 16.5. The van der Waals surface area contributed by atoms with Gasteiger partial charge in [0.1, 0.15) is 11.6 Å². The summed E-state index contributed by atoms with van der Waals surface area (Å²) in [4.78, 5) is 54.9. The molecule has 4 amide bonds. The van der Waals surface area contributed by atoms with Gasteiger partial charge in [0, 0.05) is 11.8 Å². The lowest BCUT2D eigenvalue weighted by molar-refractivity contribution is -0.137. The van der Waals surface area contributed by atoms with Gasteiger partial charge in [-0.15, -0.1) is 0 Å². The average Bonchev–Trinajstić information content (AvgIpc) is 3.22. The van der Waals surface area contributed by atoms with Gasteiger partial charge in [0.25, 0.3) is 0 Å². The van der Waals surface area contributed by atoms with Gasteiger partial charge in [-0.1, -0.05) is 36.4 Å². The van der Waals surface area contributed by atoms with Gasteiger partial charge in [0.2, 0.25) is 23.6 Å². The van der Waals surface area contributed by atoms with Crippen molar-refractivity contribution < 1.29 is 28.0 Å². The fraction of sp³-hybridized carbons (Fsp3) is 0.250. The molecule has 32 heavy (non-hydrogen) atoms. The minimum atomic E-state index is -0.865. The van der Waals surface area contributed by atoms with E-state index in [0.717, 1.165) is 9.80 Å². The second-order valence-corrected chi connectivity index (χ2v) is 8.57. The van der Waals surface area contributed by atoms with Crippen molar-refractivity contribution in [1.82, 2.24) is 0 Å². The lowest BCUT2D eigenvalue weighted by Gasteiger charge is -2.44. The Morgan fingerprint density at radius 2 is 0.844 bits per heavy atom. The minimum Gasteiger partial charge on any atom is -0.274 e. The molecular weight excluding hydrogens is 418 g/mol. The van der Waals surface area contributed by atoms with Crippen LogP contribution < -0.4 is 9.80 Å². The lowest BCUT2D eigenvalue weighted by atomic mass is 9.54. The normalized spacial score (nSPS) is 32.7. The first kappa shape index (κ1) is 19.0. The van der Waals surface area contributed by atoms with Crippen LogP contribution in [0.1, 0.15) is 0 Å². The molecule has 2 aliphatic heterocycles. The third kappa shape index (κ3) is 2.21. The van der Waals surface area contributed by atoms with Crippen LogP contribution in [0.2, 0.25) is 0 Å². The Balaban J connectivity index is 1.43. The topological polar surface area (TPSA) is 74.8 Å². The summed E-state index contributed by atoms with van der Waals surface area (Å²) in [5.74, 6) is -8.57. The number of benzene rings is 2. The SMILES string of the molecule is O=C1[C@@H]2C3C=CC([C@H]2C(=O)N1c1ccccc1F)[C@@H]1C(=O)N(c2ccccc2F)C(=O)[C@@H]31. The molecule has 5 aliphatic rings. The highest BCUT2D eigenvalue weighted by molar-refractivity contribution is 6.26. The Morgan fingerprint density at radius 3 is 1.16 bits per heavy atom. The smallest absolute Gasteiger partial charge is 0.238 e. The average molecular weight is 434 g/mol. The minimum absolute atomic E-state index is 0.132. The van der Waals surface area contributed by atoms with Gasteiger partial charge in [-0.3, -0.25) is 19.2 Å². The van der Waals surface area contributed by atoms with Crippen LogP contribution in [-0.4, -0.2) is 23.6 Å². The predicted molar refractivity (Wildman–Crippen MR) is 108 cm³/mol. The number of allylic oxidation sites excluding steroid dienone is 2. The molecule has 7 rings (SSSR count). The highest BCUT2D eigenvalue weighted by Gasteiger charge is 2.69. The van der Waals surface area contributed by atoms with Crippen molar-refractivity contribution in [1.29, 1.82) is 0 Å². The van der Waals surface area contributed by atoms with Crippen molar-refractivity contribution in [3.8, 4) is 0 Å². The second-order valence-electron chi connectivity index (χ2n) is 8.57. The zero-order valence-corrected chi connectivity index (χ0v) is 16.5. The van der Waals surface area contributed by atoms with Crippen LogP contribution in [-0.2, 0) is 19.2 Å². The van der Waals surface area contributed by atoms with Gasteiger partial charge in [0.15, 0.2) is 0 Å². The molecule has 2 aromatic carbocycles. The summed E-state index contributed by atoms with van der Waals surface area (Å²) < 4.78 is 28.8. The molecule has 3 fully saturated rings. The molecule has 160 valence electrons. The maximum absolute atomic E-state index is 14.4. The van der Waals surface area contributed by atoms with Crippen molar-refractivity contribution in [2.24, 2.45) is 35.5 Å². The molecular formula is C24H16F2N2O4. The van der Waals surface area contributed by atoms with Gasteiger partial charge in [-0.25, -0.2) is 18.6 Å². The number of para-hydroxylation sites is 2. The molecule has 3 aliphatic carbocycles. The summed E-state index contributed by atoms with van der Waals surface area (Å²) >= 11 is 0. The summed E-state index contributed by atoms with van der Waals surface area (Å²) in [6, 6.07) is 11.0. The van der Waals surface area contributed by atoms with Crippen LogP contribution in [0.3, 0.4) is 0 Å². The Kier molecular flexibility index (Phi) is 3.82. The largest absolute Gasteiger partial charge is 0.274 e. The molecule has 2 saturated heterocycles. The maximum atomic E-state index is 14.4. The number of carbonyl (C=O) groups excluding carboxylic acids is 4. The Labute approximate surface area is 181 Å². The van der Waals surface area contributed by atoms with E-state index >= 15 is 0 Å². The lowest BCUT2D eigenvalue weighted by Crippen LogP contribution is -2.50.